The van der Waals surface area contributed by atoms with Gasteiger partial charge in [-0.1, -0.05) is 12.1 Å². The topological polar surface area (TPSA) is 94.6 Å². The predicted octanol–water partition coefficient (Wildman–Crippen LogP) is 4.74. The van der Waals surface area contributed by atoms with Gasteiger partial charge in [-0.3, -0.25) is 4.79 Å². The summed E-state index contributed by atoms with van der Waals surface area (Å²) in [4.78, 5) is 20.8. The van der Waals surface area contributed by atoms with E-state index in [1.165, 1.54) is 6.07 Å². The van der Waals surface area contributed by atoms with Crippen LogP contribution in [-0.2, 0) is 6.54 Å². The fourth-order valence-corrected chi connectivity index (χ4v) is 3.80. The molecule has 9 heteroatoms. The number of para-hydroxylation sites is 1. The smallest absolute Gasteiger partial charge is 0.251 e. The van der Waals surface area contributed by atoms with Gasteiger partial charge in [0.25, 0.3) is 5.91 Å². The second-order valence-electron chi connectivity index (χ2n) is 7.92. The Bertz CT molecular complexity index is 1400. The molecule has 4 aromatic rings. The van der Waals surface area contributed by atoms with Crippen LogP contribution in [0.25, 0.3) is 11.3 Å². The minimum Gasteiger partial charge on any atom is -0.486 e. The molecular weight excluding hydrogens is 463 g/mol. The summed E-state index contributed by atoms with van der Waals surface area (Å²) in [6, 6.07) is 20.8. The molecule has 0 atom stereocenters. The van der Waals surface area contributed by atoms with E-state index in [9.17, 15) is 9.18 Å². The van der Waals surface area contributed by atoms with Crippen LogP contribution in [0.2, 0.25) is 0 Å². The molecule has 36 heavy (non-hydrogen) atoms. The first-order valence-corrected chi connectivity index (χ1v) is 11.3. The quantitative estimate of drug-likeness (QED) is 0.365. The predicted molar refractivity (Wildman–Crippen MR) is 132 cm³/mol. The zero-order valence-corrected chi connectivity index (χ0v) is 19.5. The van der Waals surface area contributed by atoms with Gasteiger partial charge in [0.2, 0.25) is 11.8 Å². The Balaban J connectivity index is 1.28. The van der Waals surface area contributed by atoms with Crippen LogP contribution in [0, 0.1) is 5.95 Å². The maximum absolute atomic E-state index is 13.2. The van der Waals surface area contributed by atoms with E-state index in [0.717, 1.165) is 11.3 Å². The Labute approximate surface area is 207 Å². The molecule has 1 aliphatic rings. The van der Waals surface area contributed by atoms with Crippen molar-refractivity contribution in [1.29, 1.82) is 0 Å². The van der Waals surface area contributed by atoms with Crippen LogP contribution in [0.15, 0.2) is 72.8 Å². The van der Waals surface area contributed by atoms with E-state index in [2.05, 4.69) is 20.6 Å². The van der Waals surface area contributed by atoms with Crippen LogP contribution in [0.3, 0.4) is 0 Å². The van der Waals surface area contributed by atoms with Gasteiger partial charge in [0, 0.05) is 16.8 Å². The molecule has 0 aliphatic carbocycles. The zero-order chi connectivity index (χ0) is 24.9. The first-order chi connectivity index (χ1) is 17.6. The summed E-state index contributed by atoms with van der Waals surface area (Å²) in [7, 11) is 1.55. The number of amides is 1. The van der Waals surface area contributed by atoms with Gasteiger partial charge in [-0.15, -0.1) is 0 Å². The van der Waals surface area contributed by atoms with Gasteiger partial charge in [0.15, 0.2) is 11.5 Å². The lowest BCUT2D eigenvalue weighted by Crippen LogP contribution is -2.23. The lowest BCUT2D eigenvalue weighted by molar-refractivity contribution is 0.0950. The second-order valence-corrected chi connectivity index (χ2v) is 7.92. The summed E-state index contributed by atoms with van der Waals surface area (Å²) < 4.78 is 30.2. The number of methoxy groups -OCH3 is 1. The molecule has 0 unspecified atom stereocenters. The maximum atomic E-state index is 13.2. The lowest BCUT2D eigenvalue weighted by atomic mass is 10.1. The van der Waals surface area contributed by atoms with Gasteiger partial charge in [-0.25, -0.2) is 9.97 Å². The Morgan fingerprint density at radius 2 is 1.78 bits per heavy atom. The average molecular weight is 487 g/mol. The van der Waals surface area contributed by atoms with Gasteiger partial charge in [-0.05, 0) is 60.7 Å². The highest BCUT2D eigenvalue weighted by Crippen LogP contribution is 2.40. The number of fused-ring (bicyclic) bond motifs is 1. The minimum absolute atomic E-state index is 0.133. The van der Waals surface area contributed by atoms with Crippen molar-refractivity contribution in [3.8, 4) is 28.6 Å². The van der Waals surface area contributed by atoms with E-state index in [-0.39, 0.29) is 12.5 Å². The third-order valence-corrected chi connectivity index (χ3v) is 5.52. The fraction of sp³-hybridized carbons (Fsp3) is 0.148. The number of halogens is 1. The van der Waals surface area contributed by atoms with Crippen molar-refractivity contribution in [2.45, 2.75) is 6.54 Å². The van der Waals surface area contributed by atoms with Crippen molar-refractivity contribution in [2.75, 3.05) is 25.6 Å². The first kappa shape index (κ1) is 23.1. The molecule has 1 amide bonds. The zero-order valence-electron chi connectivity index (χ0n) is 19.5. The van der Waals surface area contributed by atoms with Crippen molar-refractivity contribution >= 4 is 17.3 Å². The van der Waals surface area contributed by atoms with Gasteiger partial charge in [-0.2, -0.15) is 4.39 Å². The molecule has 5 rings (SSSR count). The molecule has 0 spiro atoms. The Morgan fingerprint density at radius 1 is 0.972 bits per heavy atom. The van der Waals surface area contributed by atoms with E-state index in [0.29, 0.717) is 53.2 Å². The number of nitrogens with one attached hydrogen (secondary N) is 2. The maximum Gasteiger partial charge on any atom is 0.251 e. The number of ether oxygens (including phenoxy) is 3. The molecular formula is C27H23FN4O4. The number of hydrogen-bond acceptors (Lipinski definition) is 7. The summed E-state index contributed by atoms with van der Waals surface area (Å²) in [5.41, 5.74) is 3.84. The van der Waals surface area contributed by atoms with Gasteiger partial charge in [0.1, 0.15) is 18.9 Å². The molecule has 182 valence electrons. The van der Waals surface area contributed by atoms with Gasteiger partial charge in [0.05, 0.1) is 25.0 Å². The van der Waals surface area contributed by atoms with Crippen molar-refractivity contribution in [1.82, 2.24) is 15.3 Å². The normalized spacial score (nSPS) is 12.1. The van der Waals surface area contributed by atoms with Crippen LogP contribution in [0.1, 0.15) is 16.1 Å². The summed E-state index contributed by atoms with van der Waals surface area (Å²) in [6.45, 7) is 1.13. The molecule has 0 radical (unpaired) electrons. The highest BCUT2D eigenvalue weighted by molar-refractivity contribution is 5.94. The Kier molecular flexibility index (Phi) is 6.61. The van der Waals surface area contributed by atoms with E-state index >= 15 is 0 Å². The average Bonchev–Trinajstić information content (AvgIpc) is 2.92. The second kappa shape index (κ2) is 10.3. The summed E-state index contributed by atoms with van der Waals surface area (Å²) in [5.74, 6) is 0.902. The summed E-state index contributed by atoms with van der Waals surface area (Å²) in [5, 5.41) is 6.00. The number of aromatic nitrogens is 2. The molecule has 0 saturated heterocycles. The first-order valence-electron chi connectivity index (χ1n) is 11.3. The third-order valence-electron chi connectivity index (χ3n) is 5.52. The lowest BCUT2D eigenvalue weighted by Gasteiger charge is -2.21. The van der Waals surface area contributed by atoms with Gasteiger partial charge < -0.3 is 24.8 Å². The van der Waals surface area contributed by atoms with Crippen LogP contribution >= 0.6 is 0 Å². The van der Waals surface area contributed by atoms with E-state index in [4.69, 9.17) is 14.2 Å². The number of benzene rings is 2. The van der Waals surface area contributed by atoms with Crippen LogP contribution < -0.4 is 24.8 Å². The molecule has 2 aromatic heterocycles. The van der Waals surface area contributed by atoms with Crippen LogP contribution in [-0.4, -0.2) is 36.2 Å². The molecule has 2 aromatic carbocycles. The van der Waals surface area contributed by atoms with Crippen molar-refractivity contribution in [3.05, 3.63) is 90.0 Å². The largest absolute Gasteiger partial charge is 0.486 e. The van der Waals surface area contributed by atoms with E-state index < -0.39 is 5.95 Å². The fourth-order valence-electron chi connectivity index (χ4n) is 3.80. The number of carbonyl (C=O) groups is 1. The SMILES string of the molecule is COc1nc(-c2cccc3c2OCCO3)ccc1Nc1ccc(C(=O)NCc2cccc(F)n2)cc1. The number of carbonyl (C=O) groups excluding carboxylic acids is 1. The molecule has 0 saturated carbocycles. The van der Waals surface area contributed by atoms with E-state index in [1.54, 1.807) is 43.5 Å². The van der Waals surface area contributed by atoms with Crippen molar-refractivity contribution in [3.63, 3.8) is 0 Å². The van der Waals surface area contributed by atoms with Gasteiger partial charge >= 0.3 is 0 Å². The number of anilines is 2. The minimum atomic E-state index is -0.583. The Hall–Kier alpha value is -4.66. The van der Waals surface area contributed by atoms with Crippen molar-refractivity contribution < 1.29 is 23.4 Å². The van der Waals surface area contributed by atoms with Crippen LogP contribution in [0.4, 0.5) is 15.8 Å². The van der Waals surface area contributed by atoms with Crippen LogP contribution in [0.5, 0.6) is 17.4 Å². The number of hydrogen-bond donors (Lipinski definition) is 2. The van der Waals surface area contributed by atoms with E-state index in [1.807, 2.05) is 30.3 Å². The monoisotopic (exact) mass is 486 g/mol. The summed E-state index contributed by atoms with van der Waals surface area (Å²) >= 11 is 0. The number of rotatable bonds is 7. The Morgan fingerprint density at radius 3 is 2.58 bits per heavy atom. The number of nitrogens with zero attached hydrogens (tertiary/aromatic N) is 2. The molecule has 1 aliphatic heterocycles. The molecule has 3 heterocycles. The third kappa shape index (κ3) is 5.05. The molecule has 2 N–H and O–H groups in total. The highest BCUT2D eigenvalue weighted by atomic mass is 19.1. The standard InChI is InChI=1S/C27H23FN4O4/c1-34-27-22(13-12-21(32-27)20-5-3-6-23-25(20)36-15-14-35-23)30-18-10-8-17(9-11-18)26(33)29-16-19-4-2-7-24(28)31-19/h2-13,30H,14-16H2,1H3,(H,29,33). The molecule has 0 bridgehead atoms. The molecule has 0 fully saturated rings. The van der Waals surface area contributed by atoms with Crippen molar-refractivity contribution in [2.24, 2.45) is 0 Å². The highest BCUT2D eigenvalue weighted by Gasteiger charge is 2.19. The number of pyridine rings is 2. The summed E-state index contributed by atoms with van der Waals surface area (Å²) in [6.07, 6.45) is 0. The molecule has 8 nitrogen and oxygen atoms in total.